The number of nitrogens with zero attached hydrogens (tertiary/aromatic N) is 1. The van der Waals surface area contributed by atoms with Gasteiger partial charge in [-0.2, -0.15) is 0 Å². The third-order valence-corrected chi connectivity index (χ3v) is 4.69. The summed E-state index contributed by atoms with van der Waals surface area (Å²) in [7, 11) is -1.92. The molecule has 0 atom stereocenters. The monoisotopic (exact) mass is 332 g/mol. The van der Waals surface area contributed by atoms with Gasteiger partial charge in [-0.3, -0.25) is 9.10 Å². The van der Waals surface area contributed by atoms with E-state index in [4.69, 9.17) is 0 Å². The van der Waals surface area contributed by atoms with Gasteiger partial charge in [0, 0.05) is 13.5 Å². The van der Waals surface area contributed by atoms with Crippen LogP contribution >= 0.6 is 0 Å². The highest BCUT2D eigenvalue weighted by Gasteiger charge is 2.16. The molecule has 0 radical (unpaired) electrons. The zero-order valence-electron chi connectivity index (χ0n) is 13.2. The first-order valence-electron chi connectivity index (χ1n) is 7.24. The lowest BCUT2D eigenvalue weighted by molar-refractivity contribution is -0.116. The van der Waals surface area contributed by atoms with Crippen LogP contribution in [0.5, 0.6) is 0 Å². The Morgan fingerprint density at radius 3 is 2.30 bits per heavy atom. The first-order valence-corrected chi connectivity index (χ1v) is 9.09. The minimum Gasteiger partial charge on any atom is -0.324 e. The van der Waals surface area contributed by atoms with E-state index in [-0.39, 0.29) is 5.91 Å². The minimum absolute atomic E-state index is 0.150. The molecule has 2 rings (SSSR count). The molecule has 1 N–H and O–H groups in total. The van der Waals surface area contributed by atoms with Crippen LogP contribution in [0.4, 0.5) is 11.4 Å². The summed E-state index contributed by atoms with van der Waals surface area (Å²) in [5.74, 6) is -0.150. The average Bonchev–Trinajstić information content (AvgIpc) is 2.53. The van der Waals surface area contributed by atoms with Crippen molar-refractivity contribution in [1.82, 2.24) is 0 Å². The summed E-state index contributed by atoms with van der Waals surface area (Å²) in [6, 6.07) is 16.6. The van der Waals surface area contributed by atoms with Gasteiger partial charge in [-0.05, 0) is 24.1 Å². The standard InChI is InChI=1S/C17H20N2O3S/c1-19(23(2,21)22)16-11-7-6-10-15(16)18-17(20)13-12-14-8-4-3-5-9-14/h3-11H,12-13H2,1-2H3,(H,18,20). The third kappa shape index (κ3) is 4.82. The van der Waals surface area contributed by atoms with Crippen molar-refractivity contribution in [3.8, 4) is 0 Å². The van der Waals surface area contributed by atoms with Crippen LogP contribution in [0.1, 0.15) is 12.0 Å². The summed E-state index contributed by atoms with van der Waals surface area (Å²) in [6.07, 6.45) is 2.10. The van der Waals surface area contributed by atoms with E-state index in [1.807, 2.05) is 30.3 Å². The van der Waals surface area contributed by atoms with Crippen molar-refractivity contribution in [2.75, 3.05) is 22.9 Å². The van der Waals surface area contributed by atoms with Crippen molar-refractivity contribution in [2.24, 2.45) is 0 Å². The van der Waals surface area contributed by atoms with Gasteiger partial charge in [-0.25, -0.2) is 8.42 Å². The molecule has 0 saturated heterocycles. The van der Waals surface area contributed by atoms with Crippen molar-refractivity contribution in [3.05, 3.63) is 60.2 Å². The summed E-state index contributed by atoms with van der Waals surface area (Å²) in [5.41, 5.74) is 2.02. The Labute approximate surface area is 137 Å². The number of hydrogen-bond acceptors (Lipinski definition) is 3. The quantitative estimate of drug-likeness (QED) is 0.884. The van der Waals surface area contributed by atoms with E-state index in [0.29, 0.717) is 24.2 Å². The smallest absolute Gasteiger partial charge is 0.232 e. The third-order valence-electron chi connectivity index (χ3n) is 3.50. The van der Waals surface area contributed by atoms with Gasteiger partial charge in [0.15, 0.2) is 0 Å². The number of carbonyl (C=O) groups excluding carboxylic acids is 1. The molecule has 6 heteroatoms. The van der Waals surface area contributed by atoms with Crippen molar-refractivity contribution in [2.45, 2.75) is 12.8 Å². The molecule has 2 aromatic rings. The molecular formula is C17H20N2O3S. The molecule has 0 aliphatic heterocycles. The summed E-state index contributed by atoms with van der Waals surface area (Å²) < 4.78 is 24.5. The van der Waals surface area contributed by atoms with Crippen LogP contribution in [-0.4, -0.2) is 27.6 Å². The lowest BCUT2D eigenvalue weighted by Crippen LogP contribution is -2.26. The molecule has 23 heavy (non-hydrogen) atoms. The number of anilines is 2. The molecule has 0 aliphatic carbocycles. The van der Waals surface area contributed by atoms with Crippen LogP contribution in [0, 0.1) is 0 Å². The average molecular weight is 332 g/mol. The van der Waals surface area contributed by atoms with Gasteiger partial charge in [0.25, 0.3) is 0 Å². The topological polar surface area (TPSA) is 66.5 Å². The second kappa shape index (κ2) is 7.28. The fourth-order valence-corrected chi connectivity index (χ4v) is 2.66. The van der Waals surface area contributed by atoms with Crippen LogP contribution in [0.15, 0.2) is 54.6 Å². The maximum atomic E-state index is 12.1. The summed E-state index contributed by atoms with van der Waals surface area (Å²) in [6.45, 7) is 0. The van der Waals surface area contributed by atoms with Gasteiger partial charge >= 0.3 is 0 Å². The normalized spacial score (nSPS) is 11.0. The molecule has 0 aliphatic rings. The maximum absolute atomic E-state index is 12.1. The Balaban J connectivity index is 2.07. The number of benzene rings is 2. The molecule has 0 fully saturated rings. The Kier molecular flexibility index (Phi) is 5.39. The van der Waals surface area contributed by atoms with E-state index in [0.717, 1.165) is 16.1 Å². The second-order valence-corrected chi connectivity index (χ2v) is 7.30. The number of carbonyl (C=O) groups is 1. The van der Waals surface area contributed by atoms with Gasteiger partial charge < -0.3 is 5.32 Å². The van der Waals surface area contributed by atoms with Gasteiger partial charge in [0.05, 0.1) is 17.6 Å². The highest BCUT2D eigenvalue weighted by Crippen LogP contribution is 2.26. The van der Waals surface area contributed by atoms with E-state index in [1.54, 1.807) is 24.3 Å². The van der Waals surface area contributed by atoms with Gasteiger partial charge in [-0.1, -0.05) is 42.5 Å². The largest absolute Gasteiger partial charge is 0.324 e. The second-order valence-electron chi connectivity index (χ2n) is 5.28. The number of nitrogens with one attached hydrogen (secondary N) is 1. The van der Waals surface area contributed by atoms with Crippen molar-refractivity contribution in [1.29, 1.82) is 0 Å². The van der Waals surface area contributed by atoms with E-state index in [1.165, 1.54) is 7.05 Å². The fraction of sp³-hybridized carbons (Fsp3) is 0.235. The molecule has 5 nitrogen and oxygen atoms in total. The molecule has 122 valence electrons. The fourth-order valence-electron chi connectivity index (χ4n) is 2.15. The molecule has 0 unspecified atom stereocenters. The lowest BCUT2D eigenvalue weighted by Gasteiger charge is -2.20. The van der Waals surface area contributed by atoms with Crippen LogP contribution < -0.4 is 9.62 Å². The number of amides is 1. The first kappa shape index (κ1) is 17.0. The van der Waals surface area contributed by atoms with E-state index in [2.05, 4.69) is 5.32 Å². The molecule has 0 heterocycles. The van der Waals surface area contributed by atoms with Gasteiger partial charge in [0.2, 0.25) is 15.9 Å². The van der Waals surface area contributed by atoms with Gasteiger partial charge in [-0.15, -0.1) is 0 Å². The highest BCUT2D eigenvalue weighted by molar-refractivity contribution is 7.92. The number of para-hydroxylation sites is 2. The Morgan fingerprint density at radius 1 is 1.04 bits per heavy atom. The predicted molar refractivity (Wildman–Crippen MR) is 93.1 cm³/mol. The highest BCUT2D eigenvalue weighted by atomic mass is 32.2. The van der Waals surface area contributed by atoms with E-state index >= 15 is 0 Å². The van der Waals surface area contributed by atoms with E-state index < -0.39 is 10.0 Å². The number of rotatable bonds is 6. The van der Waals surface area contributed by atoms with Crippen molar-refractivity contribution >= 4 is 27.3 Å². The number of sulfonamides is 1. The Bertz CT molecular complexity index is 773. The van der Waals surface area contributed by atoms with Gasteiger partial charge in [0.1, 0.15) is 0 Å². The molecule has 0 spiro atoms. The molecule has 0 aromatic heterocycles. The lowest BCUT2D eigenvalue weighted by atomic mass is 10.1. The molecule has 0 saturated carbocycles. The van der Waals surface area contributed by atoms with Crippen LogP contribution in [0.2, 0.25) is 0 Å². The zero-order valence-corrected chi connectivity index (χ0v) is 14.0. The maximum Gasteiger partial charge on any atom is 0.232 e. The summed E-state index contributed by atoms with van der Waals surface area (Å²) >= 11 is 0. The van der Waals surface area contributed by atoms with Crippen LogP contribution in [0.25, 0.3) is 0 Å². The SMILES string of the molecule is CN(c1ccccc1NC(=O)CCc1ccccc1)S(C)(=O)=O. The number of hydrogen-bond donors (Lipinski definition) is 1. The summed E-state index contributed by atoms with van der Waals surface area (Å²) in [5, 5.41) is 2.79. The van der Waals surface area contributed by atoms with Crippen LogP contribution in [0.3, 0.4) is 0 Å². The van der Waals surface area contributed by atoms with Crippen molar-refractivity contribution < 1.29 is 13.2 Å². The zero-order chi connectivity index (χ0) is 16.9. The van der Waals surface area contributed by atoms with E-state index in [9.17, 15) is 13.2 Å². The molecule has 2 aromatic carbocycles. The Morgan fingerprint density at radius 2 is 1.65 bits per heavy atom. The minimum atomic E-state index is -3.39. The van der Waals surface area contributed by atoms with Crippen LogP contribution in [-0.2, 0) is 21.2 Å². The molecular weight excluding hydrogens is 312 g/mol. The molecule has 1 amide bonds. The molecule has 0 bridgehead atoms. The summed E-state index contributed by atoms with van der Waals surface area (Å²) in [4.78, 5) is 12.1. The Hall–Kier alpha value is -2.34. The van der Waals surface area contributed by atoms with Crippen molar-refractivity contribution in [3.63, 3.8) is 0 Å². The first-order chi connectivity index (χ1) is 10.9. The number of aryl methyl sites for hydroxylation is 1. The predicted octanol–water partition coefficient (Wildman–Crippen LogP) is 2.65.